The van der Waals surface area contributed by atoms with Crippen LogP contribution in [-0.2, 0) is 12.1 Å². The molecule has 0 aliphatic carbocycles. The van der Waals surface area contributed by atoms with Gasteiger partial charge in [0.05, 0.1) is 5.60 Å². The van der Waals surface area contributed by atoms with Crippen molar-refractivity contribution >= 4 is 5.69 Å². The van der Waals surface area contributed by atoms with Crippen molar-refractivity contribution in [3.05, 3.63) is 29.3 Å². The largest absolute Gasteiger partial charge is 0.385 e. The third kappa shape index (κ3) is 1.74. The van der Waals surface area contributed by atoms with Gasteiger partial charge in [0.25, 0.3) is 0 Å². The maximum absolute atomic E-state index is 10.5. The van der Waals surface area contributed by atoms with Gasteiger partial charge in [-0.1, -0.05) is 18.2 Å². The Morgan fingerprint density at radius 3 is 2.88 bits per heavy atom. The minimum Gasteiger partial charge on any atom is -0.385 e. The third-order valence-corrected chi connectivity index (χ3v) is 4.08. The quantitative estimate of drug-likeness (QED) is 0.735. The summed E-state index contributed by atoms with van der Waals surface area (Å²) in [4.78, 5) is 4.79. The Hall–Kier alpha value is -1.06. The van der Waals surface area contributed by atoms with E-state index in [0.29, 0.717) is 0 Å². The maximum atomic E-state index is 10.5. The molecule has 0 unspecified atom stereocenters. The first-order valence-electron chi connectivity index (χ1n) is 6.36. The van der Waals surface area contributed by atoms with E-state index < -0.39 is 5.60 Å². The Balaban J connectivity index is 2.17. The summed E-state index contributed by atoms with van der Waals surface area (Å²) in [7, 11) is 2.16. The van der Waals surface area contributed by atoms with Crippen LogP contribution in [0.2, 0.25) is 0 Å². The highest BCUT2D eigenvalue weighted by Gasteiger charge is 2.35. The minimum absolute atomic E-state index is 0.662. The molecule has 3 rings (SSSR count). The van der Waals surface area contributed by atoms with Crippen LogP contribution in [0, 0.1) is 0 Å². The molecule has 0 saturated heterocycles. The van der Waals surface area contributed by atoms with E-state index in [9.17, 15) is 5.11 Å². The fraction of sp³-hybridized carbons (Fsp3) is 0.571. The van der Waals surface area contributed by atoms with Crippen molar-refractivity contribution in [3.63, 3.8) is 0 Å². The number of para-hydroxylation sites is 1. The summed E-state index contributed by atoms with van der Waals surface area (Å²) in [5.74, 6) is 0. The molecule has 1 aromatic carbocycles. The molecule has 3 heteroatoms. The summed E-state index contributed by atoms with van der Waals surface area (Å²) >= 11 is 0. The second-order valence-electron chi connectivity index (χ2n) is 5.56. The van der Waals surface area contributed by atoms with Crippen LogP contribution in [0.25, 0.3) is 0 Å². The number of hydrogen-bond acceptors (Lipinski definition) is 3. The normalized spacial score (nSPS) is 28.8. The number of rotatable bonds is 0. The van der Waals surface area contributed by atoms with Crippen molar-refractivity contribution in [1.82, 2.24) is 4.90 Å². The smallest absolute Gasteiger partial charge is 0.0905 e. The molecule has 17 heavy (non-hydrogen) atoms. The van der Waals surface area contributed by atoms with Gasteiger partial charge in [-0.05, 0) is 26.0 Å². The predicted molar refractivity (Wildman–Crippen MR) is 69.2 cm³/mol. The lowest BCUT2D eigenvalue weighted by atomic mass is 9.85. The van der Waals surface area contributed by atoms with Crippen molar-refractivity contribution in [2.24, 2.45) is 0 Å². The zero-order chi connectivity index (χ0) is 12.0. The molecule has 0 fully saturated rings. The van der Waals surface area contributed by atoms with Gasteiger partial charge < -0.3 is 14.9 Å². The Morgan fingerprint density at radius 2 is 2.06 bits per heavy atom. The first kappa shape index (κ1) is 11.1. The van der Waals surface area contributed by atoms with Gasteiger partial charge >= 0.3 is 0 Å². The Kier molecular flexibility index (Phi) is 2.42. The van der Waals surface area contributed by atoms with Gasteiger partial charge in [0.1, 0.15) is 0 Å². The van der Waals surface area contributed by atoms with Crippen LogP contribution in [0.3, 0.4) is 0 Å². The number of benzene rings is 1. The summed E-state index contributed by atoms with van der Waals surface area (Å²) in [6.45, 7) is 6.04. The summed E-state index contributed by atoms with van der Waals surface area (Å²) in [6.07, 6.45) is 0.827. The van der Waals surface area contributed by atoms with Gasteiger partial charge in [0.15, 0.2) is 0 Å². The summed E-state index contributed by atoms with van der Waals surface area (Å²) in [5, 5.41) is 10.5. The molecule has 1 aromatic rings. The lowest BCUT2D eigenvalue weighted by Gasteiger charge is -2.39. The first-order chi connectivity index (χ1) is 8.08. The average Bonchev–Trinajstić information content (AvgIpc) is 2.44. The van der Waals surface area contributed by atoms with E-state index in [-0.39, 0.29) is 0 Å². The molecule has 2 aliphatic heterocycles. The molecule has 0 bridgehead atoms. The van der Waals surface area contributed by atoms with Crippen molar-refractivity contribution in [2.75, 3.05) is 31.6 Å². The van der Waals surface area contributed by atoms with Crippen LogP contribution in [0.15, 0.2) is 18.2 Å². The lowest BCUT2D eigenvalue weighted by molar-refractivity contribution is 0.0456. The number of nitrogens with zero attached hydrogens (tertiary/aromatic N) is 2. The third-order valence-electron chi connectivity index (χ3n) is 4.08. The number of hydrogen-bond donors (Lipinski definition) is 1. The van der Waals surface area contributed by atoms with E-state index in [1.807, 2.05) is 6.92 Å². The van der Waals surface area contributed by atoms with Crippen LogP contribution in [0.1, 0.15) is 24.5 Å². The van der Waals surface area contributed by atoms with E-state index in [1.165, 1.54) is 11.3 Å². The van der Waals surface area contributed by atoms with Crippen molar-refractivity contribution in [1.29, 1.82) is 0 Å². The van der Waals surface area contributed by atoms with E-state index in [0.717, 1.165) is 38.2 Å². The molecule has 0 radical (unpaired) electrons. The molecule has 2 heterocycles. The van der Waals surface area contributed by atoms with E-state index in [4.69, 9.17) is 0 Å². The second kappa shape index (κ2) is 3.72. The standard InChI is InChI=1S/C14H20N2O/c1-14(17)6-7-16-9-8-15(2)10-11-4-3-5-12(14)13(11)16/h3-5,17H,6-10H2,1-2H3/t14-/m1/s1. The monoisotopic (exact) mass is 232 g/mol. The zero-order valence-electron chi connectivity index (χ0n) is 10.6. The van der Waals surface area contributed by atoms with Crippen LogP contribution in [0.4, 0.5) is 5.69 Å². The topological polar surface area (TPSA) is 26.7 Å². The van der Waals surface area contributed by atoms with Crippen molar-refractivity contribution in [3.8, 4) is 0 Å². The summed E-state index contributed by atoms with van der Waals surface area (Å²) in [5.41, 5.74) is 3.08. The minimum atomic E-state index is -0.662. The van der Waals surface area contributed by atoms with Crippen LogP contribution >= 0.6 is 0 Å². The zero-order valence-corrected chi connectivity index (χ0v) is 10.6. The highest BCUT2D eigenvalue weighted by atomic mass is 16.3. The summed E-state index contributed by atoms with van der Waals surface area (Å²) in [6, 6.07) is 6.34. The van der Waals surface area contributed by atoms with Crippen LogP contribution in [0.5, 0.6) is 0 Å². The molecule has 0 aromatic heterocycles. The van der Waals surface area contributed by atoms with Gasteiger partial charge in [-0.15, -0.1) is 0 Å². The number of likely N-dealkylation sites (N-methyl/N-ethyl adjacent to an activating group) is 1. The molecule has 1 N–H and O–H groups in total. The average molecular weight is 232 g/mol. The Bertz CT molecular complexity index is 442. The molecule has 2 aliphatic rings. The maximum Gasteiger partial charge on any atom is 0.0905 e. The van der Waals surface area contributed by atoms with Gasteiger partial charge in [-0.2, -0.15) is 0 Å². The predicted octanol–water partition coefficient (Wildman–Crippen LogP) is 1.55. The molecular formula is C14H20N2O. The molecule has 0 amide bonds. The first-order valence-corrected chi connectivity index (χ1v) is 6.36. The molecule has 1 atom stereocenters. The van der Waals surface area contributed by atoms with Gasteiger partial charge in [-0.3, -0.25) is 0 Å². The SMILES string of the molecule is CN1CCN2CC[C@@](C)(O)c3cccc(c32)C1. The van der Waals surface area contributed by atoms with Crippen LogP contribution < -0.4 is 4.90 Å². The van der Waals surface area contributed by atoms with Gasteiger partial charge in [0.2, 0.25) is 0 Å². The molecular weight excluding hydrogens is 212 g/mol. The highest BCUT2D eigenvalue weighted by molar-refractivity contribution is 5.64. The van der Waals surface area contributed by atoms with Crippen molar-refractivity contribution < 1.29 is 5.11 Å². The summed E-state index contributed by atoms with van der Waals surface area (Å²) < 4.78 is 0. The number of aliphatic hydroxyl groups is 1. The van der Waals surface area contributed by atoms with Crippen LogP contribution in [-0.4, -0.2) is 36.7 Å². The van der Waals surface area contributed by atoms with E-state index in [2.05, 4.69) is 35.0 Å². The van der Waals surface area contributed by atoms with Gasteiger partial charge in [-0.25, -0.2) is 0 Å². The molecule has 3 nitrogen and oxygen atoms in total. The fourth-order valence-corrected chi connectivity index (χ4v) is 3.01. The Morgan fingerprint density at radius 1 is 1.24 bits per heavy atom. The fourth-order valence-electron chi connectivity index (χ4n) is 3.01. The van der Waals surface area contributed by atoms with E-state index in [1.54, 1.807) is 0 Å². The van der Waals surface area contributed by atoms with Crippen molar-refractivity contribution in [2.45, 2.75) is 25.5 Å². The number of anilines is 1. The Labute approximate surface area is 103 Å². The van der Waals surface area contributed by atoms with E-state index >= 15 is 0 Å². The lowest BCUT2D eigenvalue weighted by Crippen LogP contribution is -2.40. The molecule has 0 saturated carbocycles. The molecule has 92 valence electrons. The highest BCUT2D eigenvalue weighted by Crippen LogP contribution is 2.41. The van der Waals surface area contributed by atoms with Gasteiger partial charge in [0, 0.05) is 37.4 Å². The second-order valence-corrected chi connectivity index (χ2v) is 5.56. The molecule has 0 spiro atoms.